The van der Waals surface area contributed by atoms with Crippen LogP contribution in [0.3, 0.4) is 0 Å². The van der Waals surface area contributed by atoms with Crippen molar-refractivity contribution < 1.29 is 0 Å². The van der Waals surface area contributed by atoms with Crippen molar-refractivity contribution in [1.82, 2.24) is 10.2 Å². The van der Waals surface area contributed by atoms with E-state index in [0.29, 0.717) is 0 Å². The van der Waals surface area contributed by atoms with Crippen LogP contribution in [0.15, 0.2) is 0 Å². The third-order valence-corrected chi connectivity index (χ3v) is 6.24. The summed E-state index contributed by atoms with van der Waals surface area (Å²) in [6.45, 7) is 6.21. The SMILES string of the molecule is CCNC1CCCCCC1N1CCC2CCCCC2C1. The lowest BCUT2D eigenvalue weighted by molar-refractivity contribution is 0.0410. The molecule has 0 bridgehead atoms. The van der Waals surface area contributed by atoms with Gasteiger partial charge in [0.15, 0.2) is 0 Å². The number of hydrogen-bond acceptors (Lipinski definition) is 2. The maximum absolute atomic E-state index is 3.80. The number of likely N-dealkylation sites (N-methyl/N-ethyl adjacent to an activating group) is 1. The number of rotatable bonds is 3. The van der Waals surface area contributed by atoms with Crippen LogP contribution in [0.4, 0.5) is 0 Å². The van der Waals surface area contributed by atoms with E-state index in [0.717, 1.165) is 30.5 Å². The molecule has 0 radical (unpaired) electrons. The van der Waals surface area contributed by atoms with Crippen molar-refractivity contribution in [3.05, 3.63) is 0 Å². The summed E-state index contributed by atoms with van der Waals surface area (Å²) in [5, 5.41) is 3.80. The summed E-state index contributed by atoms with van der Waals surface area (Å²) >= 11 is 0. The number of piperidine rings is 1. The van der Waals surface area contributed by atoms with Gasteiger partial charge in [0.2, 0.25) is 0 Å². The second kappa shape index (κ2) is 7.26. The normalized spacial score (nSPS) is 40.0. The minimum atomic E-state index is 0.766. The quantitative estimate of drug-likeness (QED) is 0.790. The number of fused-ring (bicyclic) bond motifs is 1. The molecule has 4 unspecified atom stereocenters. The lowest BCUT2D eigenvalue weighted by atomic mass is 9.74. The molecule has 4 atom stereocenters. The number of likely N-dealkylation sites (tertiary alicyclic amines) is 1. The van der Waals surface area contributed by atoms with E-state index in [-0.39, 0.29) is 0 Å². The van der Waals surface area contributed by atoms with Gasteiger partial charge in [0, 0.05) is 18.6 Å². The molecule has 2 heteroatoms. The molecule has 2 nitrogen and oxygen atoms in total. The number of nitrogens with zero attached hydrogens (tertiary/aromatic N) is 1. The predicted molar refractivity (Wildman–Crippen MR) is 86.0 cm³/mol. The van der Waals surface area contributed by atoms with E-state index in [1.54, 1.807) is 0 Å². The smallest absolute Gasteiger partial charge is 0.0249 e. The Labute approximate surface area is 125 Å². The fourth-order valence-electron chi connectivity index (χ4n) is 5.16. The van der Waals surface area contributed by atoms with Crippen LogP contribution >= 0.6 is 0 Å². The molecule has 1 saturated heterocycles. The van der Waals surface area contributed by atoms with Crippen LogP contribution in [-0.4, -0.2) is 36.6 Å². The van der Waals surface area contributed by atoms with Crippen molar-refractivity contribution in [2.75, 3.05) is 19.6 Å². The molecule has 116 valence electrons. The molecule has 1 N–H and O–H groups in total. The molecule has 0 amide bonds. The zero-order valence-corrected chi connectivity index (χ0v) is 13.4. The standard InChI is InChI=1S/C18H34N2/c1-2-19-17-10-4-3-5-11-18(17)20-13-12-15-8-6-7-9-16(15)14-20/h15-19H,2-14H2,1H3. The Morgan fingerprint density at radius 3 is 2.45 bits per heavy atom. The molecule has 0 aromatic rings. The van der Waals surface area contributed by atoms with E-state index in [1.165, 1.54) is 77.3 Å². The van der Waals surface area contributed by atoms with Gasteiger partial charge in [-0.25, -0.2) is 0 Å². The van der Waals surface area contributed by atoms with Crippen molar-refractivity contribution in [2.45, 2.75) is 83.2 Å². The summed E-state index contributed by atoms with van der Waals surface area (Å²) < 4.78 is 0. The van der Waals surface area contributed by atoms with Crippen LogP contribution < -0.4 is 5.32 Å². The predicted octanol–water partition coefficient (Wildman–Crippen LogP) is 3.81. The second-order valence-corrected chi connectivity index (χ2v) is 7.46. The monoisotopic (exact) mass is 278 g/mol. The highest BCUT2D eigenvalue weighted by Gasteiger charge is 2.36. The van der Waals surface area contributed by atoms with Gasteiger partial charge in [-0.3, -0.25) is 4.90 Å². The van der Waals surface area contributed by atoms with Crippen LogP contribution in [0.5, 0.6) is 0 Å². The molecule has 3 aliphatic rings. The molecule has 2 aliphatic carbocycles. The van der Waals surface area contributed by atoms with Gasteiger partial charge < -0.3 is 5.32 Å². The van der Waals surface area contributed by atoms with Gasteiger partial charge in [-0.2, -0.15) is 0 Å². The van der Waals surface area contributed by atoms with Gasteiger partial charge in [-0.1, -0.05) is 45.4 Å². The molecule has 1 aliphatic heterocycles. The van der Waals surface area contributed by atoms with E-state index in [2.05, 4.69) is 17.1 Å². The molecular weight excluding hydrogens is 244 g/mol. The average Bonchev–Trinajstić information content (AvgIpc) is 2.73. The van der Waals surface area contributed by atoms with Crippen molar-refractivity contribution >= 4 is 0 Å². The molecule has 3 fully saturated rings. The van der Waals surface area contributed by atoms with Crippen LogP contribution in [-0.2, 0) is 0 Å². The summed E-state index contributed by atoms with van der Waals surface area (Å²) in [7, 11) is 0. The maximum Gasteiger partial charge on any atom is 0.0249 e. The molecule has 3 rings (SSSR count). The third kappa shape index (κ3) is 3.39. The van der Waals surface area contributed by atoms with Crippen molar-refractivity contribution in [1.29, 1.82) is 0 Å². The Balaban J connectivity index is 1.63. The summed E-state index contributed by atoms with van der Waals surface area (Å²) in [5.41, 5.74) is 0. The first-order valence-corrected chi connectivity index (χ1v) is 9.36. The fraction of sp³-hybridized carbons (Fsp3) is 1.00. The minimum Gasteiger partial charge on any atom is -0.313 e. The van der Waals surface area contributed by atoms with E-state index in [9.17, 15) is 0 Å². The van der Waals surface area contributed by atoms with Gasteiger partial charge in [-0.15, -0.1) is 0 Å². The summed E-state index contributed by atoms with van der Waals surface area (Å²) in [4.78, 5) is 2.89. The first-order valence-electron chi connectivity index (χ1n) is 9.36. The first kappa shape index (κ1) is 14.8. The lowest BCUT2D eigenvalue weighted by Crippen LogP contribution is -2.54. The van der Waals surface area contributed by atoms with Gasteiger partial charge in [0.25, 0.3) is 0 Å². The van der Waals surface area contributed by atoms with E-state index in [4.69, 9.17) is 0 Å². The minimum absolute atomic E-state index is 0.766. The average molecular weight is 278 g/mol. The van der Waals surface area contributed by atoms with E-state index >= 15 is 0 Å². The molecule has 0 spiro atoms. The van der Waals surface area contributed by atoms with Crippen LogP contribution in [0, 0.1) is 11.8 Å². The topological polar surface area (TPSA) is 15.3 Å². The van der Waals surface area contributed by atoms with Crippen molar-refractivity contribution in [3.8, 4) is 0 Å². The largest absolute Gasteiger partial charge is 0.313 e. The molecule has 0 aromatic carbocycles. The Morgan fingerprint density at radius 2 is 1.60 bits per heavy atom. The Bertz CT molecular complexity index is 291. The van der Waals surface area contributed by atoms with Gasteiger partial charge >= 0.3 is 0 Å². The van der Waals surface area contributed by atoms with Gasteiger partial charge in [0.1, 0.15) is 0 Å². The molecular formula is C18H34N2. The summed E-state index contributed by atoms with van der Waals surface area (Å²) in [6, 6.07) is 1.60. The Hall–Kier alpha value is -0.0800. The van der Waals surface area contributed by atoms with Crippen LogP contribution in [0.1, 0.15) is 71.1 Å². The van der Waals surface area contributed by atoms with Crippen molar-refractivity contribution in [3.63, 3.8) is 0 Å². The second-order valence-electron chi connectivity index (χ2n) is 7.46. The van der Waals surface area contributed by atoms with Crippen LogP contribution in [0.25, 0.3) is 0 Å². The highest BCUT2D eigenvalue weighted by atomic mass is 15.2. The molecule has 1 heterocycles. The Morgan fingerprint density at radius 1 is 0.850 bits per heavy atom. The van der Waals surface area contributed by atoms with E-state index in [1.807, 2.05) is 0 Å². The number of hydrogen-bond donors (Lipinski definition) is 1. The fourth-order valence-corrected chi connectivity index (χ4v) is 5.16. The van der Waals surface area contributed by atoms with Crippen molar-refractivity contribution in [2.24, 2.45) is 11.8 Å². The molecule has 0 aromatic heterocycles. The van der Waals surface area contributed by atoms with E-state index < -0.39 is 0 Å². The van der Waals surface area contributed by atoms with Crippen LogP contribution in [0.2, 0.25) is 0 Å². The Kier molecular flexibility index (Phi) is 5.39. The zero-order valence-electron chi connectivity index (χ0n) is 13.4. The highest BCUT2D eigenvalue weighted by Crippen LogP contribution is 2.38. The molecule has 2 saturated carbocycles. The maximum atomic E-state index is 3.80. The van der Waals surface area contributed by atoms with Gasteiger partial charge in [-0.05, 0) is 50.6 Å². The highest BCUT2D eigenvalue weighted by molar-refractivity contribution is 4.92. The number of nitrogens with one attached hydrogen (secondary N) is 1. The summed E-state index contributed by atoms with van der Waals surface area (Å²) in [6.07, 6.45) is 14.7. The third-order valence-electron chi connectivity index (χ3n) is 6.24. The summed E-state index contributed by atoms with van der Waals surface area (Å²) in [5.74, 6) is 2.10. The first-order chi connectivity index (χ1) is 9.88. The lowest BCUT2D eigenvalue weighted by Gasteiger charge is -2.46. The zero-order chi connectivity index (χ0) is 13.8. The molecule has 20 heavy (non-hydrogen) atoms. The van der Waals surface area contributed by atoms with Gasteiger partial charge in [0.05, 0.1) is 0 Å².